The van der Waals surface area contributed by atoms with Crippen LogP contribution in [0.1, 0.15) is 13.8 Å². The van der Waals surface area contributed by atoms with Crippen LogP contribution in [0.25, 0.3) is 0 Å². The Bertz CT molecular complexity index is 70.0. The van der Waals surface area contributed by atoms with Crippen molar-refractivity contribution in [3.05, 3.63) is 12.7 Å². The first-order valence-corrected chi connectivity index (χ1v) is 3.11. The standard InChI is InChI=1S/C7H13O2.Li/c1-4-7(8-5-2)9-6-3;/h7H,1,5-6H2,2-3H3;/q-1;+1. The third kappa shape index (κ3) is 6.38. The Kier molecular flexibility index (Phi) is 11.9. The molecule has 10 heavy (non-hydrogen) atoms. The summed E-state index contributed by atoms with van der Waals surface area (Å²) < 4.78 is 10.1. The van der Waals surface area contributed by atoms with Crippen molar-refractivity contribution in [3.63, 3.8) is 0 Å². The first kappa shape index (κ1) is 12.9. The second kappa shape index (κ2) is 9.26. The summed E-state index contributed by atoms with van der Waals surface area (Å²) >= 11 is 0. The van der Waals surface area contributed by atoms with E-state index >= 15 is 0 Å². The Labute approximate surface area is 74.8 Å². The zero-order valence-electron chi connectivity index (χ0n) is 7.02. The van der Waals surface area contributed by atoms with Crippen LogP contribution in [-0.2, 0) is 9.47 Å². The van der Waals surface area contributed by atoms with Gasteiger partial charge in [0.1, 0.15) is 0 Å². The van der Waals surface area contributed by atoms with Crippen LogP contribution in [0.3, 0.4) is 0 Å². The zero-order valence-corrected chi connectivity index (χ0v) is 7.02. The van der Waals surface area contributed by atoms with Crippen LogP contribution in [0.15, 0.2) is 6.58 Å². The van der Waals surface area contributed by atoms with Gasteiger partial charge in [0.15, 0.2) is 0 Å². The molecule has 0 N–H and O–H groups in total. The summed E-state index contributed by atoms with van der Waals surface area (Å²) in [4.78, 5) is 0. The predicted octanol–water partition coefficient (Wildman–Crippen LogP) is -1.62. The summed E-state index contributed by atoms with van der Waals surface area (Å²) in [6, 6.07) is 0. The summed E-state index contributed by atoms with van der Waals surface area (Å²) in [7, 11) is 0. The van der Waals surface area contributed by atoms with Gasteiger partial charge in [-0.15, -0.1) is 0 Å². The molecule has 0 bridgehead atoms. The van der Waals surface area contributed by atoms with Crippen molar-refractivity contribution in [3.8, 4) is 0 Å². The average Bonchev–Trinajstić information content (AvgIpc) is 1.88. The molecule has 0 aliphatic carbocycles. The third-order valence-electron chi connectivity index (χ3n) is 0.803. The molecule has 2 nitrogen and oxygen atoms in total. The molecule has 3 heteroatoms. The van der Waals surface area contributed by atoms with Gasteiger partial charge in [0, 0.05) is 19.5 Å². The normalized spacial score (nSPS) is 9.10. The van der Waals surface area contributed by atoms with E-state index in [0.717, 1.165) is 0 Å². The van der Waals surface area contributed by atoms with Crippen LogP contribution in [0.2, 0.25) is 0 Å². The maximum absolute atomic E-state index is 5.04. The Morgan fingerprint density at radius 3 is 1.90 bits per heavy atom. The Morgan fingerprint density at radius 2 is 1.70 bits per heavy atom. The monoisotopic (exact) mass is 136 g/mol. The van der Waals surface area contributed by atoms with E-state index in [4.69, 9.17) is 9.47 Å². The molecule has 0 aliphatic heterocycles. The largest absolute Gasteiger partial charge is 1.00 e. The second-order valence-electron chi connectivity index (χ2n) is 1.45. The first-order valence-electron chi connectivity index (χ1n) is 3.11. The topological polar surface area (TPSA) is 18.5 Å². The maximum atomic E-state index is 5.04. The van der Waals surface area contributed by atoms with E-state index in [2.05, 4.69) is 12.7 Å². The minimum atomic E-state index is -0.347. The molecule has 0 fully saturated rings. The van der Waals surface area contributed by atoms with Crippen LogP contribution in [0.5, 0.6) is 0 Å². The Morgan fingerprint density at radius 1 is 1.30 bits per heavy atom. The van der Waals surface area contributed by atoms with Gasteiger partial charge in [0.05, 0.1) is 0 Å². The van der Waals surface area contributed by atoms with E-state index < -0.39 is 0 Å². The van der Waals surface area contributed by atoms with Crippen molar-refractivity contribution in [2.24, 2.45) is 0 Å². The molecule has 0 aromatic heterocycles. The molecule has 0 saturated carbocycles. The van der Waals surface area contributed by atoms with E-state index in [1.807, 2.05) is 13.8 Å². The molecule has 0 rings (SSSR count). The maximum Gasteiger partial charge on any atom is 1.00 e. The quantitative estimate of drug-likeness (QED) is 0.257. The molecule has 0 atom stereocenters. The number of rotatable bonds is 5. The van der Waals surface area contributed by atoms with E-state index in [0.29, 0.717) is 13.2 Å². The summed E-state index contributed by atoms with van der Waals surface area (Å²) in [5.41, 5.74) is 0. The van der Waals surface area contributed by atoms with Gasteiger partial charge in [-0.3, -0.25) is 6.58 Å². The van der Waals surface area contributed by atoms with Crippen LogP contribution in [0, 0.1) is 6.08 Å². The number of ether oxygens (including phenoxy) is 2. The van der Waals surface area contributed by atoms with Gasteiger partial charge in [0.2, 0.25) is 0 Å². The van der Waals surface area contributed by atoms with Crippen molar-refractivity contribution in [1.82, 2.24) is 0 Å². The van der Waals surface area contributed by atoms with Crippen LogP contribution in [-0.4, -0.2) is 19.5 Å². The molecule has 0 unspecified atom stereocenters. The smallest absolute Gasteiger partial charge is 0.446 e. The van der Waals surface area contributed by atoms with Gasteiger partial charge in [0.25, 0.3) is 0 Å². The molecular weight excluding hydrogens is 123 g/mol. The van der Waals surface area contributed by atoms with Gasteiger partial charge >= 0.3 is 18.9 Å². The van der Waals surface area contributed by atoms with Crippen LogP contribution in [0.4, 0.5) is 0 Å². The van der Waals surface area contributed by atoms with E-state index in [1.54, 1.807) is 0 Å². The first-order chi connectivity index (χ1) is 4.35. The van der Waals surface area contributed by atoms with Crippen LogP contribution >= 0.6 is 0 Å². The molecule has 0 aromatic carbocycles. The SMILES string of the molecule is C=[C-]C(OCC)OCC.[Li+]. The van der Waals surface area contributed by atoms with Crippen molar-refractivity contribution in [2.75, 3.05) is 13.2 Å². The summed E-state index contributed by atoms with van der Waals surface area (Å²) in [5.74, 6) is 0. The van der Waals surface area contributed by atoms with Gasteiger partial charge in [-0.25, -0.2) is 0 Å². The Balaban J connectivity index is 0. The molecule has 0 radical (unpaired) electrons. The molecule has 0 amide bonds. The minimum Gasteiger partial charge on any atom is -0.446 e. The average molecular weight is 136 g/mol. The molecule has 0 aromatic rings. The summed E-state index contributed by atoms with van der Waals surface area (Å²) in [5, 5.41) is 0. The van der Waals surface area contributed by atoms with Gasteiger partial charge < -0.3 is 15.5 Å². The van der Waals surface area contributed by atoms with Gasteiger partial charge in [-0.05, 0) is 13.8 Å². The fraction of sp³-hybridized carbons (Fsp3) is 0.714. The second-order valence-corrected chi connectivity index (χ2v) is 1.45. The molecule has 0 spiro atoms. The molecule has 0 aliphatic rings. The fourth-order valence-electron chi connectivity index (χ4n) is 0.469. The van der Waals surface area contributed by atoms with Crippen molar-refractivity contribution < 1.29 is 28.3 Å². The zero-order chi connectivity index (χ0) is 7.11. The third-order valence-corrected chi connectivity index (χ3v) is 0.803. The van der Waals surface area contributed by atoms with Gasteiger partial charge in [-0.1, -0.05) is 0 Å². The minimum absolute atomic E-state index is 0. The van der Waals surface area contributed by atoms with Crippen molar-refractivity contribution in [1.29, 1.82) is 0 Å². The molecule has 54 valence electrons. The Hall–Kier alpha value is 0.257. The van der Waals surface area contributed by atoms with Gasteiger partial charge in [-0.2, -0.15) is 0 Å². The fourth-order valence-corrected chi connectivity index (χ4v) is 0.469. The molecule has 0 heterocycles. The predicted molar refractivity (Wildman–Crippen MR) is 35.9 cm³/mol. The van der Waals surface area contributed by atoms with E-state index in [9.17, 15) is 0 Å². The van der Waals surface area contributed by atoms with Crippen LogP contribution < -0.4 is 18.9 Å². The molecule has 0 saturated heterocycles. The molecular formula is C7H13LiO2. The summed E-state index contributed by atoms with van der Waals surface area (Å²) in [6.07, 6.45) is 2.26. The van der Waals surface area contributed by atoms with Crippen molar-refractivity contribution >= 4 is 0 Å². The summed E-state index contributed by atoms with van der Waals surface area (Å²) in [6.45, 7) is 8.50. The number of hydrogen-bond donors (Lipinski definition) is 0. The van der Waals surface area contributed by atoms with E-state index in [-0.39, 0.29) is 25.2 Å². The van der Waals surface area contributed by atoms with Crippen molar-refractivity contribution in [2.45, 2.75) is 20.1 Å². The van der Waals surface area contributed by atoms with E-state index in [1.165, 1.54) is 0 Å². The number of hydrogen-bond acceptors (Lipinski definition) is 2.